The van der Waals surface area contributed by atoms with E-state index in [0.717, 1.165) is 38.7 Å². The molecule has 8 aromatic rings. The third-order valence-electron chi connectivity index (χ3n) is 8.18. The Morgan fingerprint density at radius 3 is 1.15 bits per heavy atom. The molecule has 0 aliphatic carbocycles. The summed E-state index contributed by atoms with van der Waals surface area (Å²) in [5, 5.41) is 1.10. The van der Waals surface area contributed by atoms with Crippen molar-refractivity contribution in [2.45, 2.75) is 0 Å². The van der Waals surface area contributed by atoms with Crippen LogP contribution in [-0.4, -0.2) is 19.9 Å². The van der Waals surface area contributed by atoms with Crippen LogP contribution in [0, 0.1) is 0 Å². The summed E-state index contributed by atoms with van der Waals surface area (Å²) in [6, 6.07) is 56.3. The van der Waals surface area contributed by atoms with Crippen molar-refractivity contribution in [3.05, 3.63) is 170 Å². The van der Waals surface area contributed by atoms with Crippen LogP contribution in [0.3, 0.4) is 0 Å². The van der Waals surface area contributed by atoms with Gasteiger partial charge in [-0.2, -0.15) is 0 Å². The van der Waals surface area contributed by atoms with E-state index in [1.54, 1.807) is 0 Å². The lowest BCUT2D eigenvalue weighted by atomic mass is 9.98. The molecule has 8 rings (SSSR count). The minimum absolute atomic E-state index is 0.638. The number of hydrogen-bond acceptors (Lipinski definition) is 4. The molecule has 216 valence electrons. The first kappa shape index (κ1) is 27.3. The average molecular weight is 589 g/mol. The van der Waals surface area contributed by atoms with Crippen LogP contribution in [0.2, 0.25) is 0 Å². The molecule has 0 bridgehead atoms. The molecule has 0 N–H and O–H groups in total. The summed E-state index contributed by atoms with van der Waals surface area (Å²) in [6.07, 6.45) is 1.94. The van der Waals surface area contributed by atoms with Gasteiger partial charge in [-0.25, -0.2) is 15.0 Å². The highest BCUT2D eigenvalue weighted by Gasteiger charge is 2.13. The van der Waals surface area contributed by atoms with E-state index in [2.05, 4.69) is 97.1 Å². The Balaban J connectivity index is 1.11. The number of benzene rings is 6. The molecular formula is C42H28N4. The minimum atomic E-state index is 0.638. The van der Waals surface area contributed by atoms with Crippen LogP contribution in [-0.2, 0) is 0 Å². The zero-order chi connectivity index (χ0) is 30.7. The van der Waals surface area contributed by atoms with Gasteiger partial charge in [-0.3, -0.25) is 4.98 Å². The summed E-state index contributed by atoms with van der Waals surface area (Å²) in [5.41, 5.74) is 10.7. The maximum atomic E-state index is 4.87. The molecule has 0 aliphatic heterocycles. The maximum absolute atomic E-state index is 4.87. The normalized spacial score (nSPS) is 11.0. The highest BCUT2D eigenvalue weighted by molar-refractivity contribution is 5.88. The topological polar surface area (TPSA) is 51.6 Å². The summed E-state index contributed by atoms with van der Waals surface area (Å²) in [5.74, 6) is 1.94. The highest BCUT2D eigenvalue weighted by atomic mass is 15.0. The predicted octanol–water partition coefficient (Wildman–Crippen LogP) is 10.4. The molecule has 4 nitrogen and oxygen atoms in total. The molecule has 0 atom stereocenters. The van der Waals surface area contributed by atoms with Crippen LogP contribution in [0.1, 0.15) is 0 Å². The van der Waals surface area contributed by atoms with E-state index in [0.29, 0.717) is 17.5 Å². The van der Waals surface area contributed by atoms with Crippen LogP contribution in [0.5, 0.6) is 0 Å². The average Bonchev–Trinajstić information content (AvgIpc) is 3.15. The lowest BCUT2D eigenvalue weighted by Crippen LogP contribution is -2.00. The van der Waals surface area contributed by atoms with Crippen molar-refractivity contribution >= 4 is 10.9 Å². The van der Waals surface area contributed by atoms with Crippen molar-refractivity contribution in [3.8, 4) is 67.5 Å². The fourth-order valence-electron chi connectivity index (χ4n) is 5.70. The maximum Gasteiger partial charge on any atom is 0.164 e. The summed E-state index contributed by atoms with van der Waals surface area (Å²) in [7, 11) is 0. The van der Waals surface area contributed by atoms with E-state index < -0.39 is 0 Å². The van der Waals surface area contributed by atoms with Crippen molar-refractivity contribution in [2.24, 2.45) is 0 Å². The van der Waals surface area contributed by atoms with Crippen molar-refractivity contribution in [3.63, 3.8) is 0 Å². The highest BCUT2D eigenvalue weighted by Crippen LogP contribution is 2.31. The molecule has 4 heteroatoms. The van der Waals surface area contributed by atoms with Gasteiger partial charge in [0.1, 0.15) is 0 Å². The van der Waals surface area contributed by atoms with Gasteiger partial charge in [0.15, 0.2) is 17.5 Å². The molecule has 0 radical (unpaired) electrons. The third-order valence-corrected chi connectivity index (χ3v) is 8.18. The van der Waals surface area contributed by atoms with Crippen LogP contribution in [0.4, 0.5) is 0 Å². The predicted molar refractivity (Wildman–Crippen MR) is 188 cm³/mol. The van der Waals surface area contributed by atoms with Crippen molar-refractivity contribution in [1.29, 1.82) is 0 Å². The van der Waals surface area contributed by atoms with Gasteiger partial charge in [0.2, 0.25) is 0 Å². The Labute approximate surface area is 267 Å². The molecule has 0 spiro atoms. The number of hydrogen-bond donors (Lipinski definition) is 0. The van der Waals surface area contributed by atoms with E-state index >= 15 is 0 Å². The Morgan fingerprint density at radius 2 is 0.630 bits per heavy atom. The van der Waals surface area contributed by atoms with Gasteiger partial charge in [-0.15, -0.1) is 0 Å². The van der Waals surface area contributed by atoms with Gasteiger partial charge in [0, 0.05) is 33.8 Å². The molecule has 2 aromatic heterocycles. The first-order valence-corrected chi connectivity index (χ1v) is 15.3. The zero-order valence-electron chi connectivity index (χ0n) is 25.0. The Hall–Kier alpha value is -6.26. The monoisotopic (exact) mass is 588 g/mol. The SMILES string of the molecule is c1ccc(-c2ccc(-c3ccc4ncc(-c5ccc(-c6nc(-c7ccccc7)nc(-c7ccccc7)n6)cc5)cc4c3)cc2)cc1. The standard InChI is InChI=1S/C42H28N4/c1-4-10-29(11-5-1)30-16-18-31(19-17-30)36-24-25-39-37(26-36)27-38(28-43-39)32-20-22-35(23-21-32)42-45-40(33-12-6-2-7-13-33)44-41(46-42)34-14-8-3-9-15-34/h1-28H. The lowest BCUT2D eigenvalue weighted by molar-refractivity contribution is 1.07. The van der Waals surface area contributed by atoms with Gasteiger partial charge in [0.25, 0.3) is 0 Å². The van der Waals surface area contributed by atoms with Crippen molar-refractivity contribution in [1.82, 2.24) is 19.9 Å². The molecule has 46 heavy (non-hydrogen) atoms. The van der Waals surface area contributed by atoms with Gasteiger partial charge in [0.05, 0.1) is 5.52 Å². The first-order valence-electron chi connectivity index (χ1n) is 15.3. The minimum Gasteiger partial charge on any atom is -0.256 e. The lowest BCUT2D eigenvalue weighted by Gasteiger charge is -2.10. The number of pyridine rings is 1. The Kier molecular flexibility index (Phi) is 7.14. The molecule has 0 saturated heterocycles. The molecular weight excluding hydrogens is 560 g/mol. The fourth-order valence-corrected chi connectivity index (χ4v) is 5.70. The summed E-state index contributed by atoms with van der Waals surface area (Å²) in [4.78, 5) is 19.3. The number of fused-ring (bicyclic) bond motifs is 1. The third kappa shape index (κ3) is 5.56. The summed E-state index contributed by atoms with van der Waals surface area (Å²) in [6.45, 7) is 0. The van der Waals surface area contributed by atoms with Crippen molar-refractivity contribution in [2.75, 3.05) is 0 Å². The van der Waals surface area contributed by atoms with E-state index in [-0.39, 0.29) is 0 Å². The molecule has 0 saturated carbocycles. The molecule has 0 unspecified atom stereocenters. The van der Waals surface area contributed by atoms with Gasteiger partial charge in [-0.1, -0.05) is 146 Å². The zero-order valence-corrected chi connectivity index (χ0v) is 25.0. The largest absolute Gasteiger partial charge is 0.256 e. The summed E-state index contributed by atoms with van der Waals surface area (Å²) >= 11 is 0. The number of rotatable bonds is 6. The smallest absolute Gasteiger partial charge is 0.164 e. The van der Waals surface area contributed by atoms with Crippen LogP contribution >= 0.6 is 0 Å². The van der Waals surface area contributed by atoms with Gasteiger partial charge >= 0.3 is 0 Å². The molecule has 0 fully saturated rings. The molecule has 6 aromatic carbocycles. The Morgan fingerprint density at radius 1 is 0.283 bits per heavy atom. The van der Waals surface area contributed by atoms with Crippen LogP contribution in [0.25, 0.3) is 78.4 Å². The Bertz CT molecular complexity index is 2210. The van der Waals surface area contributed by atoms with Crippen LogP contribution < -0.4 is 0 Å². The molecule has 0 amide bonds. The number of aromatic nitrogens is 4. The van der Waals surface area contributed by atoms with Crippen molar-refractivity contribution < 1.29 is 0 Å². The van der Waals surface area contributed by atoms with E-state index in [4.69, 9.17) is 19.9 Å². The molecule has 0 aliphatic rings. The summed E-state index contributed by atoms with van der Waals surface area (Å²) < 4.78 is 0. The quantitative estimate of drug-likeness (QED) is 0.194. The van der Waals surface area contributed by atoms with Gasteiger partial charge < -0.3 is 0 Å². The molecule has 2 heterocycles. The second-order valence-electron chi connectivity index (χ2n) is 11.2. The van der Waals surface area contributed by atoms with E-state index in [1.165, 1.54) is 22.3 Å². The van der Waals surface area contributed by atoms with Crippen LogP contribution in [0.15, 0.2) is 170 Å². The first-order chi connectivity index (χ1) is 22.8. The van der Waals surface area contributed by atoms with Gasteiger partial charge in [-0.05, 0) is 46.0 Å². The second kappa shape index (κ2) is 12.0. The number of nitrogens with zero attached hydrogens (tertiary/aromatic N) is 4. The fraction of sp³-hybridized carbons (Fsp3) is 0. The second-order valence-corrected chi connectivity index (χ2v) is 11.2. The van der Waals surface area contributed by atoms with E-state index in [1.807, 2.05) is 72.9 Å². The van der Waals surface area contributed by atoms with E-state index in [9.17, 15) is 0 Å².